The summed E-state index contributed by atoms with van der Waals surface area (Å²) < 4.78 is 23.6. The average molecular weight is 366 g/mol. The number of morpholine rings is 1. The molecule has 1 N–H and O–H groups in total. The van der Waals surface area contributed by atoms with Crippen LogP contribution in [0.1, 0.15) is 31.9 Å². The summed E-state index contributed by atoms with van der Waals surface area (Å²) in [6, 6.07) is 5.55. The fraction of sp³-hybridized carbons (Fsp3) is 0.579. The van der Waals surface area contributed by atoms with Crippen LogP contribution in [-0.2, 0) is 19.1 Å². The van der Waals surface area contributed by atoms with Crippen molar-refractivity contribution in [3.63, 3.8) is 0 Å². The van der Waals surface area contributed by atoms with Crippen molar-refractivity contribution in [3.8, 4) is 0 Å². The Balaban J connectivity index is 1.91. The second-order valence-corrected chi connectivity index (χ2v) is 6.92. The molecule has 1 aliphatic heterocycles. The van der Waals surface area contributed by atoms with Crippen molar-refractivity contribution >= 4 is 11.9 Å². The van der Waals surface area contributed by atoms with Gasteiger partial charge >= 0.3 is 5.97 Å². The van der Waals surface area contributed by atoms with Crippen LogP contribution in [0.5, 0.6) is 0 Å². The molecule has 6 nitrogen and oxygen atoms in total. The molecule has 0 spiro atoms. The van der Waals surface area contributed by atoms with E-state index in [-0.39, 0.29) is 30.3 Å². The predicted octanol–water partition coefficient (Wildman–Crippen LogP) is 1.90. The molecule has 1 saturated heterocycles. The van der Waals surface area contributed by atoms with Gasteiger partial charge in [-0.2, -0.15) is 0 Å². The summed E-state index contributed by atoms with van der Waals surface area (Å²) in [5, 5.41) is 2.76. The SMILES string of the molecule is COC(=O)C(CC(C)C)NC(=O)CN1CCOC(c2ccc(F)cc2)C1. The number of benzene rings is 1. The van der Waals surface area contributed by atoms with Crippen LogP contribution in [-0.4, -0.2) is 56.2 Å². The van der Waals surface area contributed by atoms with Crippen molar-refractivity contribution in [3.05, 3.63) is 35.6 Å². The van der Waals surface area contributed by atoms with E-state index in [1.807, 2.05) is 18.7 Å². The summed E-state index contributed by atoms with van der Waals surface area (Å²) in [5.74, 6) is -0.690. The highest BCUT2D eigenvalue weighted by Gasteiger charge is 2.26. The van der Waals surface area contributed by atoms with Crippen molar-refractivity contribution in [1.29, 1.82) is 0 Å². The zero-order valence-corrected chi connectivity index (χ0v) is 15.5. The number of carbonyl (C=O) groups is 2. The van der Waals surface area contributed by atoms with Gasteiger partial charge < -0.3 is 14.8 Å². The van der Waals surface area contributed by atoms with Crippen LogP contribution in [0.2, 0.25) is 0 Å². The molecular weight excluding hydrogens is 339 g/mol. The minimum Gasteiger partial charge on any atom is -0.467 e. The van der Waals surface area contributed by atoms with Gasteiger partial charge in [0.15, 0.2) is 0 Å². The van der Waals surface area contributed by atoms with E-state index < -0.39 is 12.0 Å². The Labute approximate surface area is 153 Å². The number of hydrogen-bond donors (Lipinski definition) is 1. The van der Waals surface area contributed by atoms with Gasteiger partial charge in [-0.3, -0.25) is 9.69 Å². The standard InChI is InChI=1S/C19H27FN2O4/c1-13(2)10-16(19(24)25-3)21-18(23)12-22-8-9-26-17(11-22)14-4-6-15(20)7-5-14/h4-7,13,16-17H,8-12H2,1-3H3,(H,21,23). The number of esters is 1. The lowest BCUT2D eigenvalue weighted by atomic mass is 10.0. The lowest BCUT2D eigenvalue weighted by Crippen LogP contribution is -2.49. The minimum atomic E-state index is -0.638. The topological polar surface area (TPSA) is 67.9 Å². The van der Waals surface area contributed by atoms with Gasteiger partial charge in [0.1, 0.15) is 11.9 Å². The van der Waals surface area contributed by atoms with Crippen LogP contribution in [0, 0.1) is 11.7 Å². The molecule has 1 aliphatic rings. The average Bonchev–Trinajstić information content (AvgIpc) is 2.61. The molecule has 1 aromatic carbocycles. The third kappa shape index (κ3) is 6.07. The molecule has 0 aromatic heterocycles. The monoisotopic (exact) mass is 366 g/mol. The Morgan fingerprint density at radius 1 is 1.35 bits per heavy atom. The molecule has 2 rings (SSSR count). The number of ether oxygens (including phenoxy) is 2. The van der Waals surface area contributed by atoms with Crippen molar-refractivity contribution in [2.24, 2.45) is 5.92 Å². The number of halogens is 1. The lowest BCUT2D eigenvalue weighted by Gasteiger charge is -2.33. The van der Waals surface area contributed by atoms with Crippen molar-refractivity contribution < 1.29 is 23.5 Å². The van der Waals surface area contributed by atoms with Gasteiger partial charge in [-0.05, 0) is 30.0 Å². The van der Waals surface area contributed by atoms with Crippen LogP contribution >= 0.6 is 0 Å². The molecule has 0 radical (unpaired) electrons. The van der Waals surface area contributed by atoms with E-state index in [9.17, 15) is 14.0 Å². The number of amides is 1. The van der Waals surface area contributed by atoms with Gasteiger partial charge in [0, 0.05) is 13.1 Å². The van der Waals surface area contributed by atoms with Crippen molar-refractivity contribution in [2.45, 2.75) is 32.4 Å². The van der Waals surface area contributed by atoms with Gasteiger partial charge in [0.05, 0.1) is 26.4 Å². The molecule has 7 heteroatoms. The maximum absolute atomic E-state index is 13.1. The van der Waals surface area contributed by atoms with E-state index in [1.54, 1.807) is 12.1 Å². The molecule has 144 valence electrons. The number of methoxy groups -OCH3 is 1. The molecule has 1 heterocycles. The molecule has 1 aromatic rings. The van der Waals surface area contributed by atoms with Crippen molar-refractivity contribution in [2.75, 3.05) is 33.4 Å². The van der Waals surface area contributed by atoms with E-state index in [1.165, 1.54) is 19.2 Å². The first-order valence-corrected chi connectivity index (χ1v) is 8.85. The fourth-order valence-corrected chi connectivity index (χ4v) is 3.00. The second kappa shape index (κ2) is 9.64. The minimum absolute atomic E-state index is 0.173. The fourth-order valence-electron chi connectivity index (χ4n) is 3.00. The Kier molecular flexibility index (Phi) is 7.53. The number of carbonyl (C=O) groups excluding carboxylic acids is 2. The Hall–Kier alpha value is -1.99. The van der Waals surface area contributed by atoms with Gasteiger partial charge in [0.2, 0.25) is 5.91 Å². The Morgan fingerprint density at radius 3 is 2.65 bits per heavy atom. The van der Waals surface area contributed by atoms with Crippen LogP contribution in [0.15, 0.2) is 24.3 Å². The first kappa shape index (κ1) is 20.3. The van der Waals surface area contributed by atoms with Gasteiger partial charge in [-0.25, -0.2) is 9.18 Å². The van der Waals surface area contributed by atoms with Crippen LogP contribution in [0.3, 0.4) is 0 Å². The summed E-state index contributed by atoms with van der Waals surface area (Å²) in [7, 11) is 1.32. The summed E-state index contributed by atoms with van der Waals surface area (Å²) in [4.78, 5) is 26.2. The highest BCUT2D eigenvalue weighted by atomic mass is 19.1. The van der Waals surface area contributed by atoms with E-state index in [2.05, 4.69) is 5.32 Å². The molecule has 0 aliphatic carbocycles. The number of rotatable bonds is 7. The summed E-state index contributed by atoms with van der Waals surface area (Å²) in [6.07, 6.45) is 0.323. The maximum atomic E-state index is 13.1. The van der Waals surface area contributed by atoms with Gasteiger partial charge in [0.25, 0.3) is 0 Å². The Bertz CT molecular complexity index is 606. The number of hydrogen-bond acceptors (Lipinski definition) is 5. The second-order valence-electron chi connectivity index (χ2n) is 6.92. The van der Waals surface area contributed by atoms with Crippen LogP contribution in [0.25, 0.3) is 0 Å². The number of nitrogens with zero attached hydrogens (tertiary/aromatic N) is 1. The van der Waals surface area contributed by atoms with Gasteiger partial charge in [-0.15, -0.1) is 0 Å². The molecular formula is C19H27FN2O4. The third-order valence-electron chi connectivity index (χ3n) is 4.29. The highest BCUT2D eigenvalue weighted by molar-refractivity contribution is 5.85. The quantitative estimate of drug-likeness (QED) is 0.747. The largest absolute Gasteiger partial charge is 0.467 e. The van der Waals surface area contributed by atoms with Crippen molar-refractivity contribution in [1.82, 2.24) is 10.2 Å². The van der Waals surface area contributed by atoms with Crippen LogP contribution < -0.4 is 5.32 Å². The number of nitrogens with one attached hydrogen (secondary N) is 1. The predicted molar refractivity (Wildman–Crippen MR) is 94.9 cm³/mol. The molecule has 26 heavy (non-hydrogen) atoms. The smallest absolute Gasteiger partial charge is 0.328 e. The summed E-state index contributed by atoms with van der Waals surface area (Å²) >= 11 is 0. The van der Waals surface area contributed by atoms with E-state index >= 15 is 0 Å². The summed E-state index contributed by atoms with van der Waals surface area (Å²) in [6.45, 7) is 5.79. The molecule has 1 fully saturated rings. The third-order valence-corrected chi connectivity index (χ3v) is 4.29. The van der Waals surface area contributed by atoms with E-state index in [0.717, 1.165) is 5.56 Å². The van der Waals surface area contributed by atoms with Gasteiger partial charge in [-0.1, -0.05) is 26.0 Å². The zero-order valence-electron chi connectivity index (χ0n) is 15.5. The molecule has 0 saturated carbocycles. The Morgan fingerprint density at radius 2 is 2.04 bits per heavy atom. The first-order valence-electron chi connectivity index (χ1n) is 8.85. The molecule has 1 amide bonds. The van der Waals surface area contributed by atoms with E-state index in [4.69, 9.17) is 9.47 Å². The highest BCUT2D eigenvalue weighted by Crippen LogP contribution is 2.22. The van der Waals surface area contributed by atoms with E-state index in [0.29, 0.717) is 26.1 Å². The zero-order chi connectivity index (χ0) is 19.1. The van der Waals surface area contributed by atoms with Crippen LogP contribution in [0.4, 0.5) is 4.39 Å². The lowest BCUT2D eigenvalue weighted by molar-refractivity contribution is -0.145. The first-order chi connectivity index (χ1) is 12.4. The molecule has 0 bridgehead atoms. The summed E-state index contributed by atoms with van der Waals surface area (Å²) in [5.41, 5.74) is 0.878. The maximum Gasteiger partial charge on any atom is 0.328 e. The molecule has 2 atom stereocenters. The molecule has 2 unspecified atom stereocenters. The normalized spacial score (nSPS) is 19.2.